The predicted octanol–water partition coefficient (Wildman–Crippen LogP) is 6.05. The number of halogens is 2. The van der Waals surface area contributed by atoms with Crippen molar-refractivity contribution in [2.24, 2.45) is 0 Å². The first-order chi connectivity index (χ1) is 15.9. The highest BCUT2D eigenvalue weighted by Gasteiger charge is 2.31. The molecule has 0 aromatic heterocycles. The van der Waals surface area contributed by atoms with Crippen LogP contribution in [0.3, 0.4) is 0 Å². The van der Waals surface area contributed by atoms with Crippen LogP contribution in [-0.4, -0.2) is 35.4 Å². The molecule has 33 heavy (non-hydrogen) atoms. The monoisotopic (exact) mass is 534 g/mol. The van der Waals surface area contributed by atoms with E-state index in [2.05, 4.69) is 21.2 Å². The number of rotatable bonds is 9. The molecule has 0 heterocycles. The molecule has 1 aliphatic rings. The van der Waals surface area contributed by atoms with Crippen molar-refractivity contribution in [2.45, 2.75) is 71.0 Å². The van der Waals surface area contributed by atoms with Gasteiger partial charge in [-0.05, 0) is 61.6 Å². The van der Waals surface area contributed by atoms with Crippen molar-refractivity contribution in [2.75, 3.05) is 6.61 Å². The van der Waals surface area contributed by atoms with Crippen LogP contribution >= 0.6 is 27.5 Å². The number of nitrogens with zero attached hydrogens (tertiary/aromatic N) is 1. The summed E-state index contributed by atoms with van der Waals surface area (Å²) in [6.07, 6.45) is 5.97. The van der Waals surface area contributed by atoms with Gasteiger partial charge in [0.25, 0.3) is 5.91 Å². The van der Waals surface area contributed by atoms with Crippen molar-refractivity contribution in [1.82, 2.24) is 10.2 Å². The van der Waals surface area contributed by atoms with Crippen molar-refractivity contribution in [3.63, 3.8) is 0 Å². The van der Waals surface area contributed by atoms with Crippen LogP contribution in [0.1, 0.15) is 56.6 Å². The Morgan fingerprint density at radius 1 is 1.18 bits per heavy atom. The Hall–Kier alpha value is -2.05. The molecule has 0 saturated heterocycles. The van der Waals surface area contributed by atoms with E-state index >= 15 is 0 Å². The SMILES string of the molecule is CC[C@H](C(=O)NC1CCCCC1)N(Cc1ccccc1Cl)C(=O)COc1ccc(Br)c(C)c1. The Morgan fingerprint density at radius 3 is 2.58 bits per heavy atom. The third-order valence-corrected chi connectivity index (χ3v) is 7.39. The second-order valence-corrected chi connectivity index (χ2v) is 9.84. The first-order valence-electron chi connectivity index (χ1n) is 11.6. The van der Waals surface area contributed by atoms with Crippen LogP contribution in [0.25, 0.3) is 0 Å². The van der Waals surface area contributed by atoms with E-state index in [1.54, 1.807) is 11.0 Å². The molecule has 0 radical (unpaired) electrons. The molecule has 5 nitrogen and oxygen atoms in total. The molecule has 3 rings (SSSR count). The number of hydrogen-bond acceptors (Lipinski definition) is 3. The lowest BCUT2D eigenvalue weighted by Gasteiger charge is -2.33. The highest BCUT2D eigenvalue weighted by atomic mass is 79.9. The Balaban J connectivity index is 1.77. The Labute approximate surface area is 210 Å². The van der Waals surface area contributed by atoms with Crippen LogP contribution in [0, 0.1) is 6.92 Å². The smallest absolute Gasteiger partial charge is 0.261 e. The quantitative estimate of drug-likeness (QED) is 0.425. The fourth-order valence-corrected chi connectivity index (χ4v) is 4.65. The van der Waals surface area contributed by atoms with Crippen LogP contribution in [-0.2, 0) is 16.1 Å². The predicted molar refractivity (Wildman–Crippen MR) is 135 cm³/mol. The minimum absolute atomic E-state index is 0.107. The molecule has 1 N–H and O–H groups in total. The zero-order valence-electron chi connectivity index (χ0n) is 19.3. The van der Waals surface area contributed by atoms with E-state index in [0.29, 0.717) is 17.2 Å². The van der Waals surface area contributed by atoms with Gasteiger partial charge in [-0.25, -0.2) is 0 Å². The van der Waals surface area contributed by atoms with E-state index in [4.69, 9.17) is 16.3 Å². The summed E-state index contributed by atoms with van der Waals surface area (Å²) < 4.78 is 6.78. The zero-order valence-corrected chi connectivity index (χ0v) is 21.6. The maximum atomic E-state index is 13.3. The number of ether oxygens (including phenoxy) is 1. The van der Waals surface area contributed by atoms with Gasteiger partial charge in [0.05, 0.1) is 0 Å². The summed E-state index contributed by atoms with van der Waals surface area (Å²) in [7, 11) is 0. The third-order valence-electron chi connectivity index (χ3n) is 6.13. The molecule has 1 aliphatic carbocycles. The topological polar surface area (TPSA) is 58.6 Å². The van der Waals surface area contributed by atoms with E-state index in [0.717, 1.165) is 41.3 Å². The molecule has 1 fully saturated rings. The van der Waals surface area contributed by atoms with Gasteiger partial charge in [0.15, 0.2) is 6.61 Å². The molecular weight excluding hydrogens is 504 g/mol. The fraction of sp³-hybridized carbons (Fsp3) is 0.462. The minimum Gasteiger partial charge on any atom is -0.484 e. The van der Waals surface area contributed by atoms with Gasteiger partial charge in [0.1, 0.15) is 11.8 Å². The van der Waals surface area contributed by atoms with Gasteiger partial charge in [-0.2, -0.15) is 0 Å². The molecule has 2 aromatic rings. The fourth-order valence-electron chi connectivity index (χ4n) is 4.21. The second kappa shape index (κ2) is 12.4. The normalized spacial score (nSPS) is 15.0. The van der Waals surface area contributed by atoms with E-state index in [9.17, 15) is 9.59 Å². The van der Waals surface area contributed by atoms with Crippen molar-refractivity contribution >= 4 is 39.3 Å². The molecule has 2 amide bonds. The van der Waals surface area contributed by atoms with Crippen LogP contribution in [0.2, 0.25) is 5.02 Å². The molecule has 1 atom stereocenters. The maximum Gasteiger partial charge on any atom is 0.261 e. The average Bonchev–Trinajstić information content (AvgIpc) is 2.81. The third kappa shape index (κ3) is 7.21. The summed E-state index contributed by atoms with van der Waals surface area (Å²) in [6, 6.07) is 12.6. The summed E-state index contributed by atoms with van der Waals surface area (Å²) in [5.41, 5.74) is 1.82. The number of carbonyl (C=O) groups is 2. The number of benzene rings is 2. The Bertz CT molecular complexity index is 962. The molecule has 1 saturated carbocycles. The van der Waals surface area contributed by atoms with Crippen LogP contribution < -0.4 is 10.1 Å². The first-order valence-corrected chi connectivity index (χ1v) is 12.8. The summed E-state index contributed by atoms with van der Waals surface area (Å²) in [5.74, 6) is 0.256. The van der Waals surface area contributed by atoms with Crippen LogP contribution in [0.15, 0.2) is 46.9 Å². The van der Waals surface area contributed by atoms with Gasteiger partial charge in [-0.3, -0.25) is 9.59 Å². The molecular formula is C26H32BrClN2O3. The van der Waals surface area contributed by atoms with Crippen molar-refractivity contribution < 1.29 is 14.3 Å². The summed E-state index contributed by atoms with van der Waals surface area (Å²) >= 11 is 9.86. The average molecular weight is 536 g/mol. The Kier molecular flexibility index (Phi) is 9.63. The van der Waals surface area contributed by atoms with Crippen molar-refractivity contribution in [3.05, 3.63) is 63.1 Å². The van der Waals surface area contributed by atoms with Gasteiger partial charge >= 0.3 is 0 Å². The number of hydrogen-bond donors (Lipinski definition) is 1. The highest BCUT2D eigenvalue weighted by molar-refractivity contribution is 9.10. The highest BCUT2D eigenvalue weighted by Crippen LogP contribution is 2.23. The summed E-state index contributed by atoms with van der Waals surface area (Å²) in [6.45, 7) is 3.98. The maximum absolute atomic E-state index is 13.3. The van der Waals surface area contributed by atoms with Gasteiger partial charge in [0, 0.05) is 22.1 Å². The lowest BCUT2D eigenvalue weighted by atomic mass is 9.95. The Morgan fingerprint density at radius 2 is 1.91 bits per heavy atom. The molecule has 178 valence electrons. The van der Waals surface area contributed by atoms with Gasteiger partial charge in [-0.15, -0.1) is 0 Å². The summed E-state index contributed by atoms with van der Waals surface area (Å²) in [4.78, 5) is 28.2. The van der Waals surface area contributed by atoms with Gasteiger partial charge in [0.2, 0.25) is 5.91 Å². The van der Waals surface area contributed by atoms with Crippen molar-refractivity contribution in [1.29, 1.82) is 0 Å². The van der Waals surface area contributed by atoms with E-state index < -0.39 is 6.04 Å². The van der Waals surface area contributed by atoms with Gasteiger partial charge < -0.3 is 15.0 Å². The number of amides is 2. The molecule has 0 aliphatic heterocycles. The largest absolute Gasteiger partial charge is 0.484 e. The minimum atomic E-state index is -0.592. The number of nitrogens with one attached hydrogen (secondary N) is 1. The molecule has 7 heteroatoms. The second-order valence-electron chi connectivity index (χ2n) is 8.58. The molecule has 0 spiro atoms. The lowest BCUT2D eigenvalue weighted by Crippen LogP contribution is -2.52. The lowest BCUT2D eigenvalue weighted by molar-refractivity contribution is -0.143. The molecule has 0 bridgehead atoms. The van der Waals surface area contributed by atoms with Crippen LogP contribution in [0.4, 0.5) is 0 Å². The van der Waals surface area contributed by atoms with E-state index in [1.807, 2.05) is 50.2 Å². The molecule has 2 aromatic carbocycles. The van der Waals surface area contributed by atoms with Gasteiger partial charge in [-0.1, -0.05) is 71.9 Å². The van der Waals surface area contributed by atoms with E-state index in [-0.39, 0.29) is 31.0 Å². The van der Waals surface area contributed by atoms with E-state index in [1.165, 1.54) is 6.42 Å². The van der Waals surface area contributed by atoms with Crippen molar-refractivity contribution in [3.8, 4) is 5.75 Å². The number of aryl methyl sites for hydroxylation is 1. The number of carbonyl (C=O) groups excluding carboxylic acids is 2. The zero-order chi connectivity index (χ0) is 23.8. The van der Waals surface area contributed by atoms with Crippen LogP contribution in [0.5, 0.6) is 5.75 Å². The summed E-state index contributed by atoms with van der Waals surface area (Å²) in [5, 5.41) is 3.75. The standard InChI is InChI=1S/C26H32BrClN2O3/c1-3-24(26(32)29-20-10-5-4-6-11-20)30(16-19-9-7-8-12-23(19)28)25(31)17-33-21-13-14-22(27)18(2)15-21/h7-9,12-15,20,24H,3-6,10-11,16-17H2,1-2H3,(H,29,32)/t24-/m1/s1. The first kappa shape index (κ1) is 25.6. The molecule has 0 unspecified atom stereocenters.